The van der Waals surface area contributed by atoms with Crippen LogP contribution >= 0.6 is 0 Å². The summed E-state index contributed by atoms with van der Waals surface area (Å²) in [6.07, 6.45) is 0. The molecule has 1 rings (SSSR count). The van der Waals surface area contributed by atoms with Crippen LogP contribution in [0.5, 0.6) is 0 Å². The van der Waals surface area contributed by atoms with Crippen LogP contribution in [0.2, 0.25) is 18.1 Å². The first-order valence-corrected chi connectivity index (χ1v) is 9.63. The third-order valence-corrected chi connectivity index (χ3v) is 8.59. The first-order chi connectivity index (χ1) is 9.01. The molecule has 0 radical (unpaired) electrons. The molecule has 1 atom stereocenters. The number of hydrogen-bond donors (Lipinski definition) is 2. The van der Waals surface area contributed by atoms with Crippen molar-refractivity contribution in [3.05, 3.63) is 35.9 Å². The largest absolute Gasteiger partial charge is 0.413 e. The van der Waals surface area contributed by atoms with Gasteiger partial charge < -0.3 is 15.3 Å². The molecule has 112 valence electrons. The van der Waals surface area contributed by atoms with Crippen molar-refractivity contribution in [3.8, 4) is 0 Å². The molecule has 5 heteroatoms. The lowest BCUT2D eigenvalue weighted by atomic mass is 9.94. The van der Waals surface area contributed by atoms with Crippen molar-refractivity contribution in [3.63, 3.8) is 0 Å². The maximum absolute atomic E-state index is 11.7. The van der Waals surface area contributed by atoms with E-state index in [-0.39, 0.29) is 11.6 Å². The minimum absolute atomic E-state index is 0.00223. The molecule has 0 fully saturated rings. The molecule has 0 aliphatic carbocycles. The summed E-state index contributed by atoms with van der Waals surface area (Å²) < 4.78 is 5.96. The molecule has 0 saturated carbocycles. The molecule has 0 bridgehead atoms. The van der Waals surface area contributed by atoms with Crippen LogP contribution in [0.4, 0.5) is 0 Å². The van der Waals surface area contributed by atoms with E-state index in [1.165, 1.54) is 0 Å². The Labute approximate surface area is 122 Å². The number of carbonyl (C=O) groups is 1. The van der Waals surface area contributed by atoms with E-state index in [0.717, 1.165) is 0 Å². The van der Waals surface area contributed by atoms with Gasteiger partial charge in [0.05, 0.1) is 6.61 Å². The van der Waals surface area contributed by atoms with Gasteiger partial charge in [-0.05, 0) is 23.7 Å². The number of primary amides is 1. The summed E-state index contributed by atoms with van der Waals surface area (Å²) in [6, 6.07) is 8.70. The molecule has 0 aliphatic heterocycles. The summed E-state index contributed by atoms with van der Waals surface area (Å²) in [5, 5.41) is 10.6. The van der Waals surface area contributed by atoms with Gasteiger partial charge in [-0.2, -0.15) is 0 Å². The van der Waals surface area contributed by atoms with E-state index < -0.39 is 19.8 Å². The van der Waals surface area contributed by atoms with Gasteiger partial charge in [0.2, 0.25) is 0 Å². The van der Waals surface area contributed by atoms with Crippen molar-refractivity contribution in [1.29, 1.82) is 0 Å². The Hall–Kier alpha value is -1.17. The molecule has 1 amide bonds. The minimum Gasteiger partial charge on any atom is -0.413 e. The second-order valence-electron chi connectivity index (χ2n) is 6.64. The highest BCUT2D eigenvalue weighted by Gasteiger charge is 2.42. The summed E-state index contributed by atoms with van der Waals surface area (Å²) in [5.41, 5.74) is 4.07. The molecule has 0 aromatic heterocycles. The normalized spacial score (nSPS) is 15.7. The van der Waals surface area contributed by atoms with Crippen molar-refractivity contribution >= 4 is 14.2 Å². The smallest absolute Gasteiger partial charge is 0.256 e. The molecule has 0 spiro atoms. The van der Waals surface area contributed by atoms with Gasteiger partial charge in [-0.1, -0.05) is 51.1 Å². The van der Waals surface area contributed by atoms with E-state index in [1.54, 1.807) is 24.3 Å². The number of carbonyl (C=O) groups excluding carboxylic acids is 1. The summed E-state index contributed by atoms with van der Waals surface area (Å²) in [4.78, 5) is 11.7. The predicted octanol–water partition coefficient (Wildman–Crippen LogP) is 2.38. The quantitative estimate of drug-likeness (QED) is 0.819. The SMILES string of the molecule is CC(C)(C)[Si](C)(C)OC[C@](O)(C(N)=O)c1ccccc1. The molecule has 1 aromatic carbocycles. The lowest BCUT2D eigenvalue weighted by Crippen LogP contribution is -2.50. The fourth-order valence-electron chi connectivity index (χ4n) is 1.51. The van der Waals surface area contributed by atoms with E-state index in [1.807, 2.05) is 6.07 Å². The Morgan fingerprint density at radius 3 is 2.15 bits per heavy atom. The highest BCUT2D eigenvalue weighted by Crippen LogP contribution is 2.37. The average molecular weight is 295 g/mol. The second kappa shape index (κ2) is 5.67. The topological polar surface area (TPSA) is 72.6 Å². The summed E-state index contributed by atoms with van der Waals surface area (Å²) in [7, 11) is -2.06. The van der Waals surface area contributed by atoms with Crippen LogP contribution in [0, 0.1) is 0 Å². The highest BCUT2D eigenvalue weighted by molar-refractivity contribution is 6.74. The summed E-state index contributed by atoms with van der Waals surface area (Å²) in [5.74, 6) is -0.789. The fourth-order valence-corrected chi connectivity index (χ4v) is 2.51. The van der Waals surface area contributed by atoms with Gasteiger partial charge in [-0.25, -0.2) is 0 Å². The monoisotopic (exact) mass is 295 g/mol. The van der Waals surface area contributed by atoms with Gasteiger partial charge in [0, 0.05) is 0 Å². The molecule has 3 N–H and O–H groups in total. The van der Waals surface area contributed by atoms with Gasteiger partial charge in [-0.15, -0.1) is 0 Å². The molecule has 0 saturated heterocycles. The van der Waals surface area contributed by atoms with E-state index in [0.29, 0.717) is 5.56 Å². The molecule has 4 nitrogen and oxygen atoms in total. The minimum atomic E-state index is -2.06. The number of hydrogen-bond acceptors (Lipinski definition) is 3. The van der Waals surface area contributed by atoms with Gasteiger partial charge in [0.25, 0.3) is 5.91 Å². The first-order valence-electron chi connectivity index (χ1n) is 6.72. The van der Waals surface area contributed by atoms with Crippen LogP contribution in [0.3, 0.4) is 0 Å². The number of nitrogens with two attached hydrogens (primary N) is 1. The van der Waals surface area contributed by atoms with Crippen molar-refractivity contribution in [2.75, 3.05) is 6.61 Å². The predicted molar refractivity (Wildman–Crippen MR) is 82.7 cm³/mol. The molecular formula is C15H25NO3Si. The van der Waals surface area contributed by atoms with E-state index >= 15 is 0 Å². The molecule has 20 heavy (non-hydrogen) atoms. The van der Waals surface area contributed by atoms with Crippen LogP contribution in [0.25, 0.3) is 0 Å². The van der Waals surface area contributed by atoms with Gasteiger partial charge >= 0.3 is 0 Å². The van der Waals surface area contributed by atoms with Crippen LogP contribution in [-0.2, 0) is 14.8 Å². The Kier molecular flexibility index (Phi) is 4.79. The fraction of sp³-hybridized carbons (Fsp3) is 0.533. The molecule has 0 heterocycles. The second-order valence-corrected chi connectivity index (χ2v) is 11.4. The standard InChI is InChI=1S/C15H25NO3Si/c1-14(2,3)20(4,5)19-11-15(18,13(16)17)12-9-7-6-8-10-12/h6-10,18H,11H2,1-5H3,(H2,16,17)/t15-/m1/s1. The van der Waals surface area contributed by atoms with Gasteiger partial charge in [0.15, 0.2) is 13.9 Å². The highest BCUT2D eigenvalue weighted by atomic mass is 28.4. The maximum atomic E-state index is 11.7. The Morgan fingerprint density at radius 2 is 1.75 bits per heavy atom. The Morgan fingerprint density at radius 1 is 1.25 bits per heavy atom. The van der Waals surface area contributed by atoms with E-state index in [2.05, 4.69) is 33.9 Å². The summed E-state index contributed by atoms with van der Waals surface area (Å²) in [6.45, 7) is 10.3. The lowest BCUT2D eigenvalue weighted by molar-refractivity contribution is -0.141. The third kappa shape index (κ3) is 3.48. The Balaban J connectivity index is 2.99. The van der Waals surface area contributed by atoms with Gasteiger partial charge in [-0.3, -0.25) is 4.79 Å². The van der Waals surface area contributed by atoms with Crippen LogP contribution < -0.4 is 5.73 Å². The first kappa shape index (κ1) is 16.9. The molecular weight excluding hydrogens is 270 g/mol. The Bertz CT molecular complexity index is 468. The molecule has 1 aromatic rings. The molecule has 0 aliphatic rings. The number of aliphatic hydroxyl groups is 1. The zero-order chi connectivity index (χ0) is 15.6. The van der Waals surface area contributed by atoms with Crippen molar-refractivity contribution in [2.24, 2.45) is 5.73 Å². The van der Waals surface area contributed by atoms with Gasteiger partial charge in [0.1, 0.15) is 0 Å². The van der Waals surface area contributed by atoms with E-state index in [9.17, 15) is 9.90 Å². The van der Waals surface area contributed by atoms with Crippen LogP contribution in [0.15, 0.2) is 30.3 Å². The van der Waals surface area contributed by atoms with Crippen molar-refractivity contribution < 1.29 is 14.3 Å². The lowest BCUT2D eigenvalue weighted by Gasteiger charge is -2.38. The van der Waals surface area contributed by atoms with E-state index in [4.69, 9.17) is 10.2 Å². The zero-order valence-corrected chi connectivity index (χ0v) is 13.9. The van der Waals surface area contributed by atoms with Crippen LogP contribution in [0.1, 0.15) is 26.3 Å². The molecule has 0 unspecified atom stereocenters. The maximum Gasteiger partial charge on any atom is 0.256 e. The number of benzene rings is 1. The number of amides is 1. The van der Waals surface area contributed by atoms with Crippen LogP contribution in [-0.4, -0.2) is 25.9 Å². The number of rotatable bonds is 5. The zero-order valence-electron chi connectivity index (χ0n) is 12.9. The third-order valence-electron chi connectivity index (χ3n) is 4.11. The summed E-state index contributed by atoms with van der Waals surface area (Å²) >= 11 is 0. The van der Waals surface area contributed by atoms with Crippen molar-refractivity contribution in [2.45, 2.75) is 44.5 Å². The van der Waals surface area contributed by atoms with Crippen molar-refractivity contribution in [1.82, 2.24) is 0 Å². The average Bonchev–Trinajstić information content (AvgIpc) is 2.35.